The van der Waals surface area contributed by atoms with Gasteiger partial charge in [0.15, 0.2) is 0 Å². The third-order valence-corrected chi connectivity index (χ3v) is 7.87. The zero-order valence-corrected chi connectivity index (χ0v) is 19.0. The Morgan fingerprint density at radius 1 is 1.26 bits per heavy atom. The zero-order chi connectivity index (χ0) is 21.8. The normalized spacial score (nSPS) is 17.5. The van der Waals surface area contributed by atoms with Crippen molar-refractivity contribution >= 4 is 33.4 Å². The van der Waals surface area contributed by atoms with Crippen LogP contribution in [0.2, 0.25) is 0 Å². The third-order valence-electron chi connectivity index (χ3n) is 5.14. The number of carbonyl (C=O) groups is 1. The minimum Gasteiger partial charge on any atom is -0.492 e. The molecule has 1 aromatic carbocycles. The van der Waals surface area contributed by atoms with Gasteiger partial charge in [0.05, 0.1) is 12.4 Å². The molecule has 1 saturated carbocycles. The van der Waals surface area contributed by atoms with Crippen molar-refractivity contribution in [1.82, 2.24) is 14.5 Å². The summed E-state index contributed by atoms with van der Waals surface area (Å²) < 4.78 is 39.0. The predicted octanol–water partition coefficient (Wildman–Crippen LogP) is 3.25. The van der Waals surface area contributed by atoms with Crippen LogP contribution >= 0.6 is 11.8 Å². The Hall–Kier alpha value is -2.11. The van der Waals surface area contributed by atoms with Gasteiger partial charge < -0.3 is 14.5 Å². The van der Waals surface area contributed by atoms with Crippen LogP contribution in [0.25, 0.3) is 0 Å². The molecule has 1 aliphatic heterocycles. The highest BCUT2D eigenvalue weighted by molar-refractivity contribution is 7.99. The van der Waals surface area contributed by atoms with Gasteiger partial charge in [-0.1, -0.05) is 18.2 Å². The molecule has 0 atom stereocenters. The summed E-state index contributed by atoms with van der Waals surface area (Å²) in [6.07, 6.45) is 4.84. The van der Waals surface area contributed by atoms with Crippen molar-refractivity contribution < 1.29 is 22.4 Å². The Labute approximate surface area is 186 Å². The van der Waals surface area contributed by atoms with E-state index in [9.17, 15) is 13.2 Å². The number of nitrogens with one attached hydrogen (secondary N) is 1. The van der Waals surface area contributed by atoms with Gasteiger partial charge >= 0.3 is 0 Å². The molecular weight excluding hydrogens is 440 g/mol. The molecule has 1 amide bonds. The highest BCUT2D eigenvalue weighted by Crippen LogP contribution is 2.39. The molecule has 2 fully saturated rings. The van der Waals surface area contributed by atoms with E-state index in [-0.39, 0.29) is 16.6 Å². The Bertz CT molecular complexity index is 1030. The fraction of sp³-hybridized carbons (Fsp3) is 0.550. The largest absolute Gasteiger partial charge is 0.492 e. The minimum absolute atomic E-state index is 0.0766. The van der Waals surface area contributed by atoms with Crippen molar-refractivity contribution in [3.8, 4) is 5.75 Å². The summed E-state index contributed by atoms with van der Waals surface area (Å²) in [7, 11) is -3.71. The second-order valence-corrected chi connectivity index (χ2v) is 10.4. The molecule has 9 nitrogen and oxygen atoms in total. The molecule has 1 aromatic heterocycles. The molecule has 1 aliphatic carbocycles. The first kappa shape index (κ1) is 22.1. The Morgan fingerprint density at radius 2 is 2.03 bits per heavy atom. The van der Waals surface area contributed by atoms with E-state index >= 15 is 0 Å². The van der Waals surface area contributed by atoms with E-state index < -0.39 is 10.0 Å². The van der Waals surface area contributed by atoms with Crippen LogP contribution in [-0.4, -0.2) is 54.3 Å². The van der Waals surface area contributed by atoms with Gasteiger partial charge in [0.2, 0.25) is 21.8 Å². The van der Waals surface area contributed by atoms with Crippen LogP contribution < -0.4 is 10.1 Å². The fourth-order valence-electron chi connectivity index (χ4n) is 3.40. The number of nitrogens with zero attached hydrogens (tertiary/aromatic N) is 3. The number of ether oxygens (including phenoxy) is 1. The average molecular weight is 467 g/mol. The number of sulfonamides is 1. The molecular formula is C20H26N4O5S2. The van der Waals surface area contributed by atoms with Crippen LogP contribution in [-0.2, 0) is 14.8 Å². The Morgan fingerprint density at radius 3 is 2.74 bits per heavy atom. The van der Waals surface area contributed by atoms with E-state index in [1.54, 1.807) is 19.1 Å². The molecule has 2 heterocycles. The molecule has 31 heavy (non-hydrogen) atoms. The average Bonchev–Trinajstić information content (AvgIpc) is 3.52. The molecule has 0 unspecified atom stereocenters. The van der Waals surface area contributed by atoms with Crippen molar-refractivity contribution in [1.29, 1.82) is 0 Å². The number of thioether (sulfide) groups is 1. The summed E-state index contributed by atoms with van der Waals surface area (Å²) in [5.41, 5.74) is 0.397. The summed E-state index contributed by atoms with van der Waals surface area (Å²) in [5, 5.41) is 11.1. The number of piperidine rings is 1. The van der Waals surface area contributed by atoms with E-state index in [0.717, 1.165) is 43.9 Å². The number of anilines is 1. The van der Waals surface area contributed by atoms with Crippen molar-refractivity contribution in [3.63, 3.8) is 0 Å². The maximum atomic E-state index is 13.2. The molecule has 168 valence electrons. The van der Waals surface area contributed by atoms with Gasteiger partial charge in [-0.25, -0.2) is 8.42 Å². The van der Waals surface area contributed by atoms with Gasteiger partial charge in [0.1, 0.15) is 10.6 Å². The first-order valence-electron chi connectivity index (χ1n) is 10.5. The van der Waals surface area contributed by atoms with Gasteiger partial charge in [0, 0.05) is 24.7 Å². The van der Waals surface area contributed by atoms with Crippen LogP contribution in [0, 0.1) is 0 Å². The van der Waals surface area contributed by atoms with Gasteiger partial charge in [-0.2, -0.15) is 4.31 Å². The zero-order valence-electron chi connectivity index (χ0n) is 17.4. The van der Waals surface area contributed by atoms with Crippen LogP contribution in [0.4, 0.5) is 5.69 Å². The lowest BCUT2D eigenvalue weighted by atomic mass is 10.2. The van der Waals surface area contributed by atoms with Crippen molar-refractivity contribution in [2.75, 3.05) is 30.8 Å². The number of amides is 1. The van der Waals surface area contributed by atoms with Crippen LogP contribution in [0.15, 0.2) is 32.7 Å². The third kappa shape index (κ3) is 5.39. The van der Waals surface area contributed by atoms with Crippen LogP contribution in [0.5, 0.6) is 5.75 Å². The van der Waals surface area contributed by atoms with Gasteiger partial charge in [-0.3, -0.25) is 4.79 Å². The first-order chi connectivity index (χ1) is 15.0. The summed E-state index contributed by atoms with van der Waals surface area (Å²) in [6.45, 7) is 3.14. The number of hydrogen-bond acceptors (Lipinski definition) is 8. The quantitative estimate of drug-likeness (QED) is 0.560. The maximum Gasteiger partial charge on any atom is 0.277 e. The van der Waals surface area contributed by atoms with E-state index in [4.69, 9.17) is 9.15 Å². The number of benzene rings is 1. The summed E-state index contributed by atoms with van der Waals surface area (Å²) in [6, 6.07) is 4.69. The smallest absolute Gasteiger partial charge is 0.277 e. The monoisotopic (exact) mass is 466 g/mol. The predicted molar refractivity (Wildman–Crippen MR) is 116 cm³/mol. The molecule has 2 aromatic rings. The number of rotatable bonds is 9. The van der Waals surface area contributed by atoms with Crippen molar-refractivity contribution in [2.24, 2.45) is 0 Å². The van der Waals surface area contributed by atoms with Crippen LogP contribution in [0.1, 0.15) is 50.8 Å². The highest BCUT2D eigenvalue weighted by atomic mass is 32.2. The number of carbonyl (C=O) groups excluding carboxylic acids is 1. The lowest BCUT2D eigenvalue weighted by molar-refractivity contribution is -0.113. The highest BCUT2D eigenvalue weighted by Gasteiger charge is 2.30. The van der Waals surface area contributed by atoms with E-state index in [0.29, 0.717) is 48.2 Å². The molecule has 4 rings (SSSR count). The van der Waals surface area contributed by atoms with Gasteiger partial charge in [-0.05, 0) is 50.8 Å². The van der Waals surface area contributed by atoms with Crippen molar-refractivity contribution in [3.05, 3.63) is 24.1 Å². The van der Waals surface area contributed by atoms with E-state index in [2.05, 4.69) is 15.5 Å². The maximum absolute atomic E-state index is 13.2. The van der Waals surface area contributed by atoms with Crippen LogP contribution in [0.3, 0.4) is 0 Å². The lowest BCUT2D eigenvalue weighted by Crippen LogP contribution is -2.35. The standard InChI is InChI=1S/C20H26N4O5S2/c1-2-28-16-9-8-15(12-17(16)31(26,27)24-10-4-3-5-11-24)21-18(25)13-30-20-23-22-19(29-20)14-6-7-14/h8-9,12,14H,2-7,10-11,13H2,1H3,(H,21,25). The molecule has 2 aliphatic rings. The minimum atomic E-state index is -3.71. The summed E-state index contributed by atoms with van der Waals surface area (Å²) in [4.78, 5) is 12.5. The Kier molecular flexibility index (Phi) is 6.83. The molecule has 0 bridgehead atoms. The SMILES string of the molecule is CCOc1ccc(NC(=O)CSc2nnc(C3CC3)o2)cc1S(=O)(=O)N1CCCCC1. The van der Waals surface area contributed by atoms with E-state index in [1.165, 1.54) is 10.4 Å². The molecule has 1 saturated heterocycles. The number of aromatic nitrogens is 2. The van der Waals surface area contributed by atoms with Gasteiger partial charge in [-0.15, -0.1) is 10.2 Å². The molecule has 11 heteroatoms. The first-order valence-corrected chi connectivity index (χ1v) is 12.9. The van der Waals surface area contributed by atoms with E-state index in [1.807, 2.05) is 0 Å². The molecule has 0 radical (unpaired) electrons. The summed E-state index contributed by atoms with van der Waals surface area (Å²) >= 11 is 1.15. The molecule has 1 N–H and O–H groups in total. The van der Waals surface area contributed by atoms with Gasteiger partial charge in [0.25, 0.3) is 5.22 Å². The fourth-order valence-corrected chi connectivity index (χ4v) is 5.65. The topological polar surface area (TPSA) is 115 Å². The summed E-state index contributed by atoms with van der Waals surface area (Å²) in [5.74, 6) is 1.07. The lowest BCUT2D eigenvalue weighted by Gasteiger charge is -2.27. The molecule has 0 spiro atoms. The Balaban J connectivity index is 1.44. The second kappa shape index (κ2) is 9.58. The second-order valence-electron chi connectivity index (χ2n) is 7.58. The number of hydrogen-bond donors (Lipinski definition) is 1. The van der Waals surface area contributed by atoms with Crippen molar-refractivity contribution in [2.45, 2.75) is 55.1 Å².